The molecule has 8 nitrogen and oxygen atoms in total. The zero-order chi connectivity index (χ0) is 18.4. The first-order chi connectivity index (χ1) is 12.5. The molecule has 4 rings (SSSR count). The van der Waals surface area contributed by atoms with E-state index in [1.54, 1.807) is 30.6 Å². The summed E-state index contributed by atoms with van der Waals surface area (Å²) in [6, 6.07) is 5.05. The summed E-state index contributed by atoms with van der Waals surface area (Å²) in [5, 5.41) is 11.6. The van der Waals surface area contributed by atoms with Crippen LogP contribution in [-0.4, -0.2) is 39.8 Å². The number of methoxy groups -OCH3 is 2. The third kappa shape index (κ3) is 2.19. The fourth-order valence-corrected chi connectivity index (χ4v) is 3.29. The van der Waals surface area contributed by atoms with Crippen LogP contribution in [-0.2, 0) is 11.3 Å². The molecule has 0 spiro atoms. The van der Waals surface area contributed by atoms with Crippen molar-refractivity contribution in [1.82, 2.24) is 14.5 Å². The molecule has 4 aromatic rings. The number of carbonyl (C=O) groups is 1. The van der Waals surface area contributed by atoms with Crippen LogP contribution < -0.4 is 15.0 Å². The highest BCUT2D eigenvalue weighted by Crippen LogP contribution is 2.35. The Morgan fingerprint density at radius 3 is 2.50 bits per heavy atom. The SMILES string of the molecule is COc1cc2c(=O)n(CC(=O)O)c3c4cc[nH]c4ncc3c2cc1OC. The van der Waals surface area contributed by atoms with Gasteiger partial charge in [-0.3, -0.25) is 14.2 Å². The summed E-state index contributed by atoms with van der Waals surface area (Å²) in [4.78, 5) is 31.8. The molecule has 132 valence electrons. The van der Waals surface area contributed by atoms with Gasteiger partial charge in [-0.05, 0) is 18.2 Å². The number of benzene rings is 1. The van der Waals surface area contributed by atoms with Crippen molar-refractivity contribution in [1.29, 1.82) is 0 Å². The first-order valence-electron chi connectivity index (χ1n) is 7.81. The summed E-state index contributed by atoms with van der Waals surface area (Å²) in [5.74, 6) is -0.228. The largest absolute Gasteiger partial charge is 0.493 e. The Kier molecular flexibility index (Phi) is 3.54. The summed E-state index contributed by atoms with van der Waals surface area (Å²) in [7, 11) is 2.99. The van der Waals surface area contributed by atoms with Gasteiger partial charge in [-0.1, -0.05) is 0 Å². The number of hydrogen-bond acceptors (Lipinski definition) is 5. The molecule has 0 aliphatic carbocycles. The lowest BCUT2D eigenvalue weighted by Crippen LogP contribution is -2.25. The van der Waals surface area contributed by atoms with Gasteiger partial charge in [0.1, 0.15) is 12.2 Å². The van der Waals surface area contributed by atoms with Gasteiger partial charge >= 0.3 is 5.97 Å². The van der Waals surface area contributed by atoms with Gasteiger partial charge in [0, 0.05) is 28.6 Å². The van der Waals surface area contributed by atoms with Crippen molar-refractivity contribution in [2.24, 2.45) is 0 Å². The van der Waals surface area contributed by atoms with E-state index in [1.165, 1.54) is 18.8 Å². The molecule has 0 saturated carbocycles. The highest BCUT2D eigenvalue weighted by atomic mass is 16.5. The van der Waals surface area contributed by atoms with Gasteiger partial charge < -0.3 is 19.6 Å². The van der Waals surface area contributed by atoms with Crippen molar-refractivity contribution in [3.05, 3.63) is 40.9 Å². The summed E-state index contributed by atoms with van der Waals surface area (Å²) < 4.78 is 11.9. The second kappa shape index (κ2) is 5.76. The van der Waals surface area contributed by atoms with E-state index in [9.17, 15) is 14.7 Å². The lowest BCUT2D eigenvalue weighted by atomic mass is 10.1. The number of pyridine rings is 2. The Morgan fingerprint density at radius 1 is 1.15 bits per heavy atom. The zero-order valence-corrected chi connectivity index (χ0v) is 14.1. The molecule has 0 bridgehead atoms. The molecule has 0 unspecified atom stereocenters. The van der Waals surface area contributed by atoms with Gasteiger partial charge in [-0.15, -0.1) is 0 Å². The van der Waals surface area contributed by atoms with Gasteiger partial charge in [0.15, 0.2) is 11.5 Å². The first kappa shape index (κ1) is 15.9. The van der Waals surface area contributed by atoms with E-state index in [2.05, 4.69) is 9.97 Å². The van der Waals surface area contributed by atoms with Crippen LogP contribution in [0.5, 0.6) is 11.5 Å². The number of rotatable bonds is 4. The predicted molar refractivity (Wildman–Crippen MR) is 96.1 cm³/mol. The molecular formula is C18H15N3O5. The van der Waals surface area contributed by atoms with Crippen LogP contribution in [0.3, 0.4) is 0 Å². The second-order valence-electron chi connectivity index (χ2n) is 5.80. The highest BCUT2D eigenvalue weighted by molar-refractivity contribution is 6.14. The summed E-state index contributed by atoms with van der Waals surface area (Å²) >= 11 is 0. The standard InChI is InChI=1S/C18H15N3O5/c1-25-13-5-10-11(6-14(13)26-2)18(24)21(8-15(22)23)16-9-3-4-19-17(9)20-7-12(10)16/h3-7H,8H2,1-2H3,(H,19,20)(H,22,23). The number of aromatic amines is 1. The van der Waals surface area contributed by atoms with Crippen molar-refractivity contribution in [2.75, 3.05) is 14.2 Å². The molecule has 1 aromatic carbocycles. The average Bonchev–Trinajstić information content (AvgIpc) is 3.12. The fraction of sp³-hybridized carbons (Fsp3) is 0.167. The van der Waals surface area contributed by atoms with Gasteiger partial charge in [0.25, 0.3) is 5.56 Å². The summed E-state index contributed by atoms with van der Waals surface area (Å²) in [6.45, 7) is -0.454. The molecule has 0 aliphatic heterocycles. The fourth-order valence-electron chi connectivity index (χ4n) is 3.29. The van der Waals surface area contributed by atoms with Crippen molar-refractivity contribution in [3.8, 4) is 11.5 Å². The Hall–Kier alpha value is -3.55. The Balaban J connectivity index is 2.28. The van der Waals surface area contributed by atoms with Crippen molar-refractivity contribution in [3.63, 3.8) is 0 Å². The van der Waals surface area contributed by atoms with Crippen LogP contribution in [0.1, 0.15) is 0 Å². The molecule has 0 radical (unpaired) electrons. The number of aromatic nitrogens is 3. The lowest BCUT2D eigenvalue weighted by Gasteiger charge is -2.14. The molecule has 0 fully saturated rings. The number of fused-ring (bicyclic) bond motifs is 5. The quantitative estimate of drug-likeness (QED) is 0.544. The van der Waals surface area contributed by atoms with E-state index < -0.39 is 18.1 Å². The number of hydrogen-bond donors (Lipinski definition) is 2. The molecule has 0 aliphatic rings. The lowest BCUT2D eigenvalue weighted by molar-refractivity contribution is -0.137. The zero-order valence-electron chi connectivity index (χ0n) is 14.1. The molecule has 3 heterocycles. The van der Waals surface area contributed by atoms with Gasteiger partial charge in [-0.2, -0.15) is 0 Å². The minimum Gasteiger partial charge on any atom is -0.493 e. The molecule has 26 heavy (non-hydrogen) atoms. The molecule has 0 amide bonds. The Bertz CT molecular complexity index is 1240. The second-order valence-corrected chi connectivity index (χ2v) is 5.80. The van der Waals surface area contributed by atoms with E-state index in [4.69, 9.17) is 9.47 Å². The number of ether oxygens (including phenoxy) is 2. The minimum absolute atomic E-state index is 0.341. The van der Waals surface area contributed by atoms with Crippen molar-refractivity contribution < 1.29 is 19.4 Å². The number of aliphatic carboxylic acids is 1. The maximum atomic E-state index is 13.1. The monoisotopic (exact) mass is 353 g/mol. The Labute approximate surface area is 146 Å². The van der Waals surface area contributed by atoms with Crippen LogP contribution in [0.15, 0.2) is 35.4 Å². The summed E-state index contributed by atoms with van der Waals surface area (Å²) in [6.07, 6.45) is 3.33. The van der Waals surface area contributed by atoms with E-state index in [0.29, 0.717) is 44.2 Å². The minimum atomic E-state index is -1.10. The van der Waals surface area contributed by atoms with Gasteiger partial charge in [-0.25, -0.2) is 4.98 Å². The molecule has 0 atom stereocenters. The number of nitrogens with zero attached hydrogens (tertiary/aromatic N) is 2. The van der Waals surface area contributed by atoms with Crippen molar-refractivity contribution in [2.45, 2.75) is 6.54 Å². The normalized spacial score (nSPS) is 11.3. The number of nitrogens with one attached hydrogen (secondary N) is 1. The number of H-pyrrole nitrogens is 1. The number of carboxylic acid groups (broad SMARTS) is 1. The molecule has 3 aromatic heterocycles. The van der Waals surface area contributed by atoms with E-state index in [-0.39, 0.29) is 0 Å². The average molecular weight is 353 g/mol. The van der Waals surface area contributed by atoms with Gasteiger partial charge in [0.05, 0.1) is 25.1 Å². The molecular weight excluding hydrogens is 338 g/mol. The van der Waals surface area contributed by atoms with Crippen LogP contribution in [0, 0.1) is 0 Å². The third-order valence-electron chi connectivity index (χ3n) is 4.41. The predicted octanol–water partition coefficient (Wildman–Crippen LogP) is 2.13. The van der Waals surface area contributed by atoms with Gasteiger partial charge in [0.2, 0.25) is 0 Å². The molecule has 8 heteroatoms. The van der Waals surface area contributed by atoms with E-state index in [1.807, 2.05) is 0 Å². The van der Waals surface area contributed by atoms with E-state index >= 15 is 0 Å². The topological polar surface area (TPSA) is 106 Å². The van der Waals surface area contributed by atoms with E-state index in [0.717, 1.165) is 0 Å². The number of carboxylic acids is 1. The summed E-state index contributed by atoms with van der Waals surface area (Å²) in [5.41, 5.74) is 0.684. The Morgan fingerprint density at radius 2 is 1.85 bits per heavy atom. The van der Waals surface area contributed by atoms with Crippen LogP contribution in [0.2, 0.25) is 0 Å². The van der Waals surface area contributed by atoms with Crippen LogP contribution in [0.4, 0.5) is 0 Å². The molecule has 2 N–H and O–H groups in total. The third-order valence-corrected chi connectivity index (χ3v) is 4.41. The highest BCUT2D eigenvalue weighted by Gasteiger charge is 2.18. The van der Waals surface area contributed by atoms with Crippen LogP contribution in [0.25, 0.3) is 32.7 Å². The maximum absolute atomic E-state index is 13.1. The maximum Gasteiger partial charge on any atom is 0.323 e. The molecule has 0 saturated heterocycles. The van der Waals surface area contributed by atoms with Crippen molar-refractivity contribution >= 4 is 38.7 Å². The van der Waals surface area contributed by atoms with Crippen LogP contribution >= 0.6 is 0 Å². The first-order valence-corrected chi connectivity index (χ1v) is 7.81. The smallest absolute Gasteiger partial charge is 0.323 e.